The molecule has 0 atom stereocenters. The van der Waals surface area contributed by atoms with Crippen molar-refractivity contribution in [2.24, 2.45) is 5.92 Å². The zero-order chi connectivity index (χ0) is 24.9. The predicted molar refractivity (Wildman–Crippen MR) is 134 cm³/mol. The quantitative estimate of drug-likeness (QED) is 0.338. The van der Waals surface area contributed by atoms with Gasteiger partial charge in [0, 0.05) is 47.3 Å². The average molecular weight is 478 g/mol. The number of methoxy groups -OCH3 is 2. The summed E-state index contributed by atoms with van der Waals surface area (Å²) in [6.45, 7) is 5.14. The number of fused-ring (bicyclic) bond motifs is 1. The summed E-state index contributed by atoms with van der Waals surface area (Å²) >= 11 is 0. The highest BCUT2D eigenvalue weighted by Crippen LogP contribution is 2.40. The van der Waals surface area contributed by atoms with Crippen molar-refractivity contribution in [2.75, 3.05) is 33.9 Å². The summed E-state index contributed by atoms with van der Waals surface area (Å²) in [5.41, 5.74) is 4.11. The standard InChI is InChI=1S/C28H31NO6/c1-5-34-28(31)19-10-12-29(13-11-19)27(30)14-18(2)21-15-22-23(17-35-26(22)16-25(21)33-4)20-8-6-7-9-24(20)32-3/h6-9,14-17,19H,5,10-13H2,1-4H3/b18-14+. The van der Waals surface area contributed by atoms with E-state index in [-0.39, 0.29) is 17.8 Å². The zero-order valence-electron chi connectivity index (χ0n) is 20.6. The third-order valence-electron chi connectivity index (χ3n) is 6.48. The Kier molecular flexibility index (Phi) is 7.44. The number of benzene rings is 2. The van der Waals surface area contributed by atoms with Crippen LogP contribution >= 0.6 is 0 Å². The SMILES string of the molecule is CCOC(=O)C1CCN(C(=O)/C=C(\C)c2cc3c(-c4ccccc4OC)coc3cc2OC)CC1. The van der Waals surface area contributed by atoms with Crippen LogP contribution in [0.2, 0.25) is 0 Å². The largest absolute Gasteiger partial charge is 0.496 e. The number of carbonyl (C=O) groups excluding carboxylic acids is 2. The Morgan fingerprint density at radius 1 is 1.06 bits per heavy atom. The van der Waals surface area contributed by atoms with E-state index >= 15 is 0 Å². The number of rotatable bonds is 7. The van der Waals surface area contributed by atoms with Crippen molar-refractivity contribution >= 4 is 28.4 Å². The lowest BCUT2D eigenvalue weighted by atomic mass is 9.96. The molecular weight excluding hydrogens is 446 g/mol. The molecule has 1 aliphatic rings. The molecule has 0 aliphatic carbocycles. The van der Waals surface area contributed by atoms with Gasteiger partial charge in [-0.15, -0.1) is 0 Å². The van der Waals surface area contributed by atoms with E-state index in [1.165, 1.54) is 0 Å². The van der Waals surface area contributed by atoms with Crippen molar-refractivity contribution < 1.29 is 28.2 Å². The van der Waals surface area contributed by atoms with E-state index in [9.17, 15) is 9.59 Å². The van der Waals surface area contributed by atoms with Gasteiger partial charge in [-0.3, -0.25) is 9.59 Å². The number of amides is 1. The summed E-state index contributed by atoms with van der Waals surface area (Å²) in [6.07, 6.45) is 4.58. The number of hydrogen-bond donors (Lipinski definition) is 0. The van der Waals surface area contributed by atoms with Gasteiger partial charge in [0.15, 0.2) is 0 Å². The molecule has 3 aromatic rings. The van der Waals surface area contributed by atoms with Crippen molar-refractivity contribution in [3.8, 4) is 22.6 Å². The van der Waals surface area contributed by atoms with E-state index in [1.807, 2.05) is 43.3 Å². The number of ether oxygens (including phenoxy) is 3. The summed E-state index contributed by atoms with van der Waals surface area (Å²) in [6, 6.07) is 11.6. The lowest BCUT2D eigenvalue weighted by molar-refractivity contribution is -0.150. The molecule has 184 valence electrons. The predicted octanol–water partition coefficient (Wildman–Crippen LogP) is 5.32. The van der Waals surface area contributed by atoms with Crippen LogP contribution in [-0.4, -0.2) is 50.7 Å². The topological polar surface area (TPSA) is 78.2 Å². The molecule has 1 aromatic heterocycles. The Labute approximate surface area is 205 Å². The minimum Gasteiger partial charge on any atom is -0.496 e. The molecule has 7 heteroatoms. The Hall–Kier alpha value is -3.74. The van der Waals surface area contributed by atoms with Gasteiger partial charge in [-0.25, -0.2) is 0 Å². The van der Waals surface area contributed by atoms with Gasteiger partial charge in [0.1, 0.15) is 17.1 Å². The summed E-state index contributed by atoms with van der Waals surface area (Å²) in [7, 11) is 3.24. The van der Waals surface area contributed by atoms with Crippen LogP contribution < -0.4 is 9.47 Å². The van der Waals surface area contributed by atoms with Crippen molar-refractivity contribution in [3.63, 3.8) is 0 Å². The highest BCUT2D eigenvalue weighted by atomic mass is 16.5. The number of carbonyl (C=O) groups is 2. The van der Waals surface area contributed by atoms with Crippen LogP contribution in [0, 0.1) is 5.92 Å². The first-order valence-corrected chi connectivity index (χ1v) is 11.8. The monoisotopic (exact) mass is 477 g/mol. The number of allylic oxidation sites excluding steroid dienone is 1. The van der Waals surface area contributed by atoms with Gasteiger partial charge in [0.25, 0.3) is 0 Å². The highest BCUT2D eigenvalue weighted by molar-refractivity contribution is 6.01. The number of piperidine rings is 1. The second kappa shape index (κ2) is 10.7. The van der Waals surface area contributed by atoms with Crippen LogP contribution in [-0.2, 0) is 14.3 Å². The fourth-order valence-electron chi connectivity index (χ4n) is 4.56. The number of likely N-dealkylation sites (tertiary alicyclic amines) is 1. The van der Waals surface area contributed by atoms with E-state index in [0.29, 0.717) is 43.9 Å². The van der Waals surface area contributed by atoms with Crippen LogP contribution in [0.15, 0.2) is 53.2 Å². The van der Waals surface area contributed by atoms with E-state index in [2.05, 4.69) is 0 Å². The maximum atomic E-state index is 13.0. The summed E-state index contributed by atoms with van der Waals surface area (Å²) in [4.78, 5) is 26.8. The molecule has 2 aromatic carbocycles. The number of esters is 1. The minimum absolute atomic E-state index is 0.0795. The molecule has 0 bridgehead atoms. The Balaban J connectivity index is 1.61. The molecule has 1 aliphatic heterocycles. The zero-order valence-corrected chi connectivity index (χ0v) is 20.6. The maximum absolute atomic E-state index is 13.0. The molecule has 1 amide bonds. The summed E-state index contributed by atoms with van der Waals surface area (Å²) < 4.78 is 22.1. The van der Waals surface area contributed by atoms with Gasteiger partial charge < -0.3 is 23.5 Å². The molecule has 0 spiro atoms. The van der Waals surface area contributed by atoms with Gasteiger partial charge in [-0.2, -0.15) is 0 Å². The fourth-order valence-corrected chi connectivity index (χ4v) is 4.56. The van der Waals surface area contributed by atoms with Gasteiger partial charge in [-0.05, 0) is 44.4 Å². The van der Waals surface area contributed by atoms with Crippen molar-refractivity contribution in [1.29, 1.82) is 0 Å². The van der Waals surface area contributed by atoms with Crippen molar-refractivity contribution in [2.45, 2.75) is 26.7 Å². The second-order valence-electron chi connectivity index (χ2n) is 8.58. The molecule has 2 heterocycles. The first-order valence-electron chi connectivity index (χ1n) is 11.8. The highest BCUT2D eigenvalue weighted by Gasteiger charge is 2.27. The third kappa shape index (κ3) is 5.04. The van der Waals surface area contributed by atoms with E-state index in [4.69, 9.17) is 18.6 Å². The molecule has 1 fully saturated rings. The van der Waals surface area contributed by atoms with E-state index in [1.54, 1.807) is 38.4 Å². The minimum atomic E-state index is -0.171. The molecule has 0 N–H and O–H groups in total. The molecule has 4 rings (SSSR count). The Bertz CT molecular complexity index is 1250. The lowest BCUT2D eigenvalue weighted by Gasteiger charge is -2.30. The maximum Gasteiger partial charge on any atom is 0.309 e. The average Bonchev–Trinajstić information content (AvgIpc) is 3.30. The van der Waals surface area contributed by atoms with Crippen molar-refractivity contribution in [1.82, 2.24) is 4.90 Å². The normalized spacial score (nSPS) is 14.7. The Morgan fingerprint density at radius 3 is 2.46 bits per heavy atom. The second-order valence-corrected chi connectivity index (χ2v) is 8.58. The van der Waals surface area contributed by atoms with Gasteiger partial charge in [-0.1, -0.05) is 18.2 Å². The molecule has 35 heavy (non-hydrogen) atoms. The molecule has 0 radical (unpaired) electrons. The molecule has 0 saturated carbocycles. The summed E-state index contributed by atoms with van der Waals surface area (Å²) in [5.74, 6) is 0.989. The molecule has 7 nitrogen and oxygen atoms in total. The van der Waals surface area contributed by atoms with Gasteiger partial charge in [0.2, 0.25) is 5.91 Å². The van der Waals surface area contributed by atoms with Gasteiger partial charge in [0.05, 0.1) is 33.0 Å². The number of nitrogens with zero attached hydrogens (tertiary/aromatic N) is 1. The summed E-state index contributed by atoms with van der Waals surface area (Å²) in [5, 5.41) is 0.903. The first kappa shape index (κ1) is 24.4. The molecule has 0 unspecified atom stereocenters. The number of furan rings is 1. The van der Waals surface area contributed by atoms with E-state index < -0.39 is 0 Å². The third-order valence-corrected chi connectivity index (χ3v) is 6.48. The smallest absolute Gasteiger partial charge is 0.309 e. The van der Waals surface area contributed by atoms with Crippen LogP contribution in [0.4, 0.5) is 0 Å². The fraction of sp³-hybridized carbons (Fsp3) is 0.357. The molecular formula is C28H31NO6. The van der Waals surface area contributed by atoms with Crippen LogP contribution in [0.5, 0.6) is 11.5 Å². The Morgan fingerprint density at radius 2 is 1.77 bits per heavy atom. The molecule has 1 saturated heterocycles. The lowest BCUT2D eigenvalue weighted by Crippen LogP contribution is -2.40. The van der Waals surface area contributed by atoms with Gasteiger partial charge >= 0.3 is 5.97 Å². The van der Waals surface area contributed by atoms with E-state index in [0.717, 1.165) is 33.4 Å². The van der Waals surface area contributed by atoms with Crippen LogP contribution in [0.25, 0.3) is 27.7 Å². The first-order chi connectivity index (χ1) is 17.0. The van der Waals surface area contributed by atoms with Crippen LogP contribution in [0.3, 0.4) is 0 Å². The van der Waals surface area contributed by atoms with Crippen molar-refractivity contribution in [3.05, 3.63) is 54.3 Å². The number of hydrogen-bond acceptors (Lipinski definition) is 6. The number of para-hydroxylation sites is 1. The van der Waals surface area contributed by atoms with Crippen LogP contribution in [0.1, 0.15) is 32.3 Å².